The van der Waals surface area contributed by atoms with Crippen molar-refractivity contribution < 1.29 is 84.5 Å². The number of esters is 1. The number of hydrazone groups is 1. The van der Waals surface area contributed by atoms with E-state index in [9.17, 15) is 50.5 Å². The number of aromatic hydroxyl groups is 1. The van der Waals surface area contributed by atoms with Crippen molar-refractivity contribution in [3.63, 3.8) is 0 Å². The Balaban J connectivity index is 1.84. The molecule has 51 heavy (non-hydrogen) atoms. The van der Waals surface area contributed by atoms with Gasteiger partial charge in [-0.05, 0) is 55.5 Å². The molecule has 1 amide bonds. The van der Waals surface area contributed by atoms with Crippen molar-refractivity contribution in [2.24, 2.45) is 5.10 Å². The van der Waals surface area contributed by atoms with Gasteiger partial charge in [0.1, 0.15) is 9.79 Å². The van der Waals surface area contributed by atoms with Crippen LogP contribution in [0.1, 0.15) is 23.0 Å². The predicted molar refractivity (Wildman–Crippen MR) is 168 cm³/mol. The summed E-state index contributed by atoms with van der Waals surface area (Å²) in [4.78, 5) is 36.6. The van der Waals surface area contributed by atoms with E-state index in [1.807, 2.05) is 0 Å². The van der Waals surface area contributed by atoms with Crippen molar-refractivity contribution in [2.45, 2.75) is 26.5 Å². The lowest BCUT2D eigenvalue weighted by Crippen LogP contribution is -2.24. The first kappa shape index (κ1) is 39.1. The van der Waals surface area contributed by atoms with Crippen LogP contribution in [-0.4, -0.2) is 86.6 Å². The fourth-order valence-electron chi connectivity index (χ4n) is 4.19. The zero-order chi connectivity index (χ0) is 37.7. The molecule has 0 spiro atoms. The van der Waals surface area contributed by atoms with Gasteiger partial charge in [0.25, 0.3) is 26.1 Å². The zero-order valence-electron chi connectivity index (χ0n) is 24.9. The zero-order valence-corrected chi connectivity index (χ0v) is 28.2. The summed E-state index contributed by atoms with van der Waals surface area (Å²) in [5.74, 6) is -5.09. The Bertz CT molecular complexity index is 2200. The van der Waals surface area contributed by atoms with Gasteiger partial charge in [-0.25, -0.2) is 20.1 Å². The molecule has 0 saturated carbocycles. The number of carboxylic acids is 1. The average Bonchev–Trinajstić information content (AvgIpc) is 3.57. The standard InChI is InChI=1S/C25H20N4O18S4/c1-2-43-25(34)21-15(23(31)29(27-21)17-11-13(49-47-45-36)7-9-19(17)51(40,41)42)5-3-4-14-20(24(32)33)26-28(22(14)30)16-10-12(48-46-44-35)6-8-18(16)50(37,38)39/h3-11,31,35-36H,2H2,1H3,(H,32,33)(H,37,38,39)(H,40,41,42). The van der Waals surface area contributed by atoms with Crippen molar-refractivity contribution in [2.75, 3.05) is 11.6 Å². The second-order valence-corrected chi connectivity index (χ2v) is 13.5. The summed E-state index contributed by atoms with van der Waals surface area (Å²) < 4.78 is 82.0. The molecule has 0 bridgehead atoms. The van der Waals surface area contributed by atoms with Gasteiger partial charge < -0.3 is 14.9 Å². The first-order valence-electron chi connectivity index (χ1n) is 13.1. The van der Waals surface area contributed by atoms with Crippen LogP contribution >= 0.6 is 24.1 Å². The Morgan fingerprint density at radius 1 is 0.922 bits per heavy atom. The van der Waals surface area contributed by atoms with Crippen LogP contribution in [-0.2, 0) is 53.3 Å². The highest BCUT2D eigenvalue weighted by Gasteiger charge is 2.37. The van der Waals surface area contributed by atoms with Crippen LogP contribution in [0, 0.1) is 0 Å². The summed E-state index contributed by atoms with van der Waals surface area (Å²) >= 11 is 0.697. The first-order chi connectivity index (χ1) is 24.0. The molecule has 0 radical (unpaired) electrons. The van der Waals surface area contributed by atoms with E-state index in [1.165, 1.54) is 6.92 Å². The van der Waals surface area contributed by atoms with Crippen molar-refractivity contribution in [3.8, 4) is 11.6 Å². The van der Waals surface area contributed by atoms with Crippen LogP contribution < -0.4 is 5.01 Å². The van der Waals surface area contributed by atoms with Gasteiger partial charge in [0.05, 0.1) is 53.2 Å². The number of carbonyl (C=O) groups is 3. The second-order valence-electron chi connectivity index (χ2n) is 9.19. The van der Waals surface area contributed by atoms with Gasteiger partial charge in [-0.15, -0.1) is 8.67 Å². The van der Waals surface area contributed by atoms with E-state index in [0.29, 0.717) is 33.8 Å². The summed E-state index contributed by atoms with van der Waals surface area (Å²) in [7, 11) is -10.0. The summed E-state index contributed by atoms with van der Waals surface area (Å²) in [6.45, 7) is 1.25. The number of rotatable bonds is 15. The topological polar surface area (TPSA) is 320 Å². The first-order valence-corrected chi connectivity index (χ1v) is 17.5. The Morgan fingerprint density at radius 2 is 1.47 bits per heavy atom. The van der Waals surface area contributed by atoms with Gasteiger partial charge >= 0.3 is 11.9 Å². The molecular weight excluding hydrogens is 773 g/mol. The lowest BCUT2D eigenvalue weighted by Gasteiger charge is -2.15. The predicted octanol–water partition coefficient (Wildman–Crippen LogP) is 2.53. The average molecular weight is 793 g/mol. The molecule has 1 aromatic heterocycles. The molecule has 0 fully saturated rings. The van der Waals surface area contributed by atoms with E-state index >= 15 is 0 Å². The van der Waals surface area contributed by atoms with Crippen molar-refractivity contribution in [1.82, 2.24) is 9.78 Å². The fraction of sp³-hybridized carbons (Fsp3) is 0.0800. The lowest BCUT2D eigenvalue weighted by molar-refractivity contribution is -0.432. The minimum atomic E-state index is -5.04. The molecule has 22 nitrogen and oxygen atoms in total. The fourth-order valence-corrected chi connectivity index (χ4v) is 6.28. The molecule has 3 aromatic rings. The molecule has 1 aliphatic heterocycles. The smallest absolute Gasteiger partial charge is 0.359 e. The van der Waals surface area contributed by atoms with E-state index in [2.05, 4.69) is 28.9 Å². The van der Waals surface area contributed by atoms with E-state index in [-0.39, 0.29) is 16.4 Å². The SMILES string of the molecule is CCOC(=O)c1nn(-c2cc(SOOO)ccc2S(=O)(=O)O)c(O)c1C=CC=C1C(=O)N(c2cc(SOOO)ccc2S(=O)(=O)O)N=C1C(=O)O. The minimum absolute atomic E-state index is 0.0156. The third-order valence-corrected chi connectivity index (χ3v) is 9.12. The molecule has 0 aliphatic carbocycles. The number of aliphatic carboxylic acids is 1. The number of carbonyl (C=O) groups excluding carboxylic acids is 2. The number of benzene rings is 2. The minimum Gasteiger partial charge on any atom is -0.493 e. The van der Waals surface area contributed by atoms with Gasteiger partial charge in [0, 0.05) is 9.79 Å². The van der Waals surface area contributed by atoms with Crippen molar-refractivity contribution in [3.05, 3.63) is 65.4 Å². The molecule has 0 saturated heterocycles. The lowest BCUT2D eigenvalue weighted by atomic mass is 10.1. The maximum atomic E-state index is 13.4. The molecule has 272 valence electrons. The summed E-state index contributed by atoms with van der Waals surface area (Å²) in [5, 5.41) is 52.7. The number of hydrogen-bond donors (Lipinski definition) is 6. The molecule has 1 aliphatic rings. The Hall–Kier alpha value is -4.71. The van der Waals surface area contributed by atoms with Crippen molar-refractivity contribution in [1.29, 1.82) is 0 Å². The van der Waals surface area contributed by atoms with Gasteiger partial charge in [0.15, 0.2) is 11.4 Å². The molecule has 26 heteroatoms. The molecule has 2 aromatic carbocycles. The van der Waals surface area contributed by atoms with E-state index in [4.69, 9.17) is 15.3 Å². The van der Waals surface area contributed by atoms with Crippen LogP contribution in [0.5, 0.6) is 5.88 Å². The summed E-state index contributed by atoms with van der Waals surface area (Å²) in [5.41, 5.74) is -3.90. The van der Waals surface area contributed by atoms with Gasteiger partial charge in [-0.2, -0.15) is 36.7 Å². The highest BCUT2D eigenvalue weighted by atomic mass is 32.2. The monoisotopic (exact) mass is 792 g/mol. The molecule has 2 heterocycles. The Morgan fingerprint density at radius 3 is 1.98 bits per heavy atom. The summed E-state index contributed by atoms with van der Waals surface area (Å²) in [6, 6.07) is 5.83. The van der Waals surface area contributed by atoms with E-state index < -0.39 is 87.7 Å². The van der Waals surface area contributed by atoms with Crippen LogP contribution in [0.2, 0.25) is 0 Å². The number of amides is 1. The van der Waals surface area contributed by atoms with Crippen molar-refractivity contribution >= 4 is 79.6 Å². The molecule has 0 atom stereocenters. The summed E-state index contributed by atoms with van der Waals surface area (Å²) in [6.07, 6.45) is 2.74. The third kappa shape index (κ3) is 8.79. The molecule has 6 N–H and O–H groups in total. The van der Waals surface area contributed by atoms with E-state index in [1.54, 1.807) is 0 Å². The number of hydrogen-bond acceptors (Lipinski definition) is 19. The number of ether oxygens (including phenoxy) is 1. The maximum absolute atomic E-state index is 13.4. The molecular formula is C25H20N4O18S4. The number of anilines is 1. The van der Waals surface area contributed by atoms with Gasteiger partial charge in [0.2, 0.25) is 5.88 Å². The highest BCUT2D eigenvalue weighted by molar-refractivity contribution is 7.94. The molecule has 0 unspecified atom stereocenters. The highest BCUT2D eigenvalue weighted by Crippen LogP contribution is 2.36. The van der Waals surface area contributed by atoms with Crippen LogP contribution in [0.4, 0.5) is 5.69 Å². The molecule has 4 rings (SSSR count). The largest absolute Gasteiger partial charge is 0.493 e. The number of carboxylic acid groups (broad SMARTS) is 1. The normalized spacial score (nSPS) is 14.5. The van der Waals surface area contributed by atoms with Gasteiger partial charge in [-0.3, -0.25) is 13.9 Å². The third-order valence-electron chi connectivity index (χ3n) is 6.17. The number of aromatic nitrogens is 2. The number of allylic oxidation sites excluding steroid dienone is 2. The number of nitrogens with zero attached hydrogens (tertiary/aromatic N) is 4. The van der Waals surface area contributed by atoms with Crippen LogP contribution in [0.25, 0.3) is 11.8 Å². The Labute approximate surface area is 293 Å². The second kappa shape index (κ2) is 16.1. The Kier molecular flexibility index (Phi) is 12.3. The van der Waals surface area contributed by atoms with Gasteiger partial charge in [-0.1, -0.05) is 16.2 Å². The quantitative estimate of drug-likeness (QED) is 0.0321. The maximum Gasteiger partial charge on any atom is 0.359 e. The van der Waals surface area contributed by atoms with E-state index in [0.717, 1.165) is 54.6 Å². The van der Waals surface area contributed by atoms with Crippen LogP contribution in [0.3, 0.4) is 0 Å². The van der Waals surface area contributed by atoms with Crippen LogP contribution in [0.15, 0.2) is 78.8 Å².